The molecule has 0 aromatic heterocycles. The van der Waals surface area contributed by atoms with E-state index in [0.29, 0.717) is 26.2 Å². The Kier molecular flexibility index (Phi) is 8.46. The Morgan fingerprint density at radius 2 is 1.50 bits per heavy atom. The molecule has 1 aromatic rings. The number of nitrogens with one attached hydrogen (secondary N) is 1. The van der Waals surface area contributed by atoms with Crippen molar-refractivity contribution in [3.63, 3.8) is 0 Å². The average Bonchev–Trinajstić information content (AvgIpc) is 2.74. The van der Waals surface area contributed by atoms with Gasteiger partial charge < -0.3 is 24.4 Å². The van der Waals surface area contributed by atoms with Crippen LogP contribution in [0.3, 0.4) is 0 Å². The van der Waals surface area contributed by atoms with Crippen LogP contribution in [0.15, 0.2) is 24.3 Å². The number of methoxy groups -OCH3 is 1. The Morgan fingerprint density at radius 3 is 1.93 bits per heavy atom. The number of nitrogens with zero attached hydrogens (tertiary/aromatic N) is 2. The molecule has 1 aliphatic rings. The molecule has 0 radical (unpaired) electrons. The van der Waals surface area contributed by atoms with E-state index in [4.69, 9.17) is 14.2 Å². The second-order valence-corrected chi connectivity index (χ2v) is 6.99. The van der Waals surface area contributed by atoms with Gasteiger partial charge in [0.2, 0.25) is 11.4 Å². The number of hydrogen-bond donors (Lipinski definition) is 1. The normalized spacial score (nSPS) is 14.7. The van der Waals surface area contributed by atoms with Crippen LogP contribution in [0.5, 0.6) is 5.75 Å². The molecule has 30 heavy (non-hydrogen) atoms. The van der Waals surface area contributed by atoms with Gasteiger partial charge in [0.15, 0.2) is 0 Å². The number of benzene rings is 1. The van der Waals surface area contributed by atoms with Crippen molar-refractivity contribution in [1.82, 2.24) is 10.2 Å². The van der Waals surface area contributed by atoms with Crippen molar-refractivity contribution in [1.29, 1.82) is 0 Å². The molecule has 1 aromatic carbocycles. The molecular weight excluding hydrogens is 390 g/mol. The molecule has 1 aliphatic heterocycles. The molecule has 9 nitrogen and oxygen atoms in total. The monoisotopic (exact) mass is 421 g/mol. The number of ether oxygens (including phenoxy) is 3. The van der Waals surface area contributed by atoms with Crippen molar-refractivity contribution in [2.75, 3.05) is 57.9 Å². The lowest BCUT2D eigenvalue weighted by Crippen LogP contribution is -2.67. The van der Waals surface area contributed by atoms with Gasteiger partial charge in [-0.25, -0.2) is 9.59 Å². The summed E-state index contributed by atoms with van der Waals surface area (Å²) in [7, 11) is 1.63. The third-order valence-corrected chi connectivity index (χ3v) is 4.91. The average molecular weight is 421 g/mol. The van der Waals surface area contributed by atoms with Gasteiger partial charge in [0.1, 0.15) is 5.75 Å². The van der Waals surface area contributed by atoms with E-state index in [-0.39, 0.29) is 19.8 Å². The summed E-state index contributed by atoms with van der Waals surface area (Å²) in [5.74, 6) is -1.33. The van der Waals surface area contributed by atoms with Crippen LogP contribution in [0.25, 0.3) is 0 Å². The highest BCUT2D eigenvalue weighted by molar-refractivity contribution is 6.08. The lowest BCUT2D eigenvalue weighted by atomic mass is 9.97. The largest absolute Gasteiger partial charge is 0.497 e. The number of rotatable bonds is 9. The molecule has 1 heterocycles. The van der Waals surface area contributed by atoms with Crippen LogP contribution in [0, 0.1) is 0 Å². The van der Waals surface area contributed by atoms with Crippen molar-refractivity contribution in [2.24, 2.45) is 0 Å². The smallest absolute Gasteiger partial charge is 0.345 e. The molecule has 9 heteroatoms. The number of carbonyl (C=O) groups excluding carboxylic acids is 3. The van der Waals surface area contributed by atoms with Gasteiger partial charge in [-0.15, -0.1) is 0 Å². The second-order valence-electron chi connectivity index (χ2n) is 6.99. The van der Waals surface area contributed by atoms with Crippen LogP contribution in [0.1, 0.15) is 20.8 Å². The van der Waals surface area contributed by atoms with Gasteiger partial charge in [-0.3, -0.25) is 9.69 Å². The standard InChI is InChI=1S/C21H31N3O6/c1-5-29-19(26)21(22-16(3)25,20(27)30-6-2)15-23-11-13-24(14-12-23)17-7-9-18(28-4)10-8-17/h7-10H,5-6,11-15H2,1-4H3,(H,22,25). The minimum absolute atomic E-state index is 0.0132. The zero-order valence-corrected chi connectivity index (χ0v) is 18.1. The fourth-order valence-electron chi connectivity index (χ4n) is 3.46. The highest BCUT2D eigenvalue weighted by Gasteiger charge is 2.51. The van der Waals surface area contributed by atoms with Gasteiger partial charge in [-0.2, -0.15) is 0 Å². The maximum Gasteiger partial charge on any atom is 0.345 e. The number of amides is 1. The van der Waals surface area contributed by atoms with Crippen molar-refractivity contribution in [3.05, 3.63) is 24.3 Å². The van der Waals surface area contributed by atoms with E-state index in [2.05, 4.69) is 10.2 Å². The summed E-state index contributed by atoms with van der Waals surface area (Å²) in [6.45, 7) is 7.33. The molecule has 2 rings (SSSR count). The third-order valence-electron chi connectivity index (χ3n) is 4.91. The van der Waals surface area contributed by atoms with Crippen LogP contribution >= 0.6 is 0 Å². The number of carbonyl (C=O) groups is 3. The fraction of sp³-hybridized carbons (Fsp3) is 0.571. The molecule has 1 fully saturated rings. The van der Waals surface area contributed by atoms with E-state index >= 15 is 0 Å². The summed E-state index contributed by atoms with van der Waals surface area (Å²) in [5, 5.41) is 2.51. The van der Waals surface area contributed by atoms with Crippen molar-refractivity contribution >= 4 is 23.5 Å². The second kappa shape index (κ2) is 10.8. The minimum Gasteiger partial charge on any atom is -0.497 e. The number of anilines is 1. The van der Waals surface area contributed by atoms with Crippen LogP contribution < -0.4 is 15.0 Å². The summed E-state index contributed by atoms with van der Waals surface area (Å²) in [4.78, 5) is 41.5. The van der Waals surface area contributed by atoms with Crippen LogP contribution in [-0.2, 0) is 23.9 Å². The van der Waals surface area contributed by atoms with Gasteiger partial charge >= 0.3 is 11.9 Å². The maximum atomic E-state index is 12.8. The molecule has 0 atom stereocenters. The topological polar surface area (TPSA) is 97.4 Å². The number of hydrogen-bond acceptors (Lipinski definition) is 8. The SMILES string of the molecule is CCOC(=O)C(CN1CCN(c2ccc(OC)cc2)CC1)(NC(C)=O)C(=O)OCC. The van der Waals surface area contributed by atoms with Crippen molar-refractivity contribution in [2.45, 2.75) is 26.3 Å². The van der Waals surface area contributed by atoms with Crippen molar-refractivity contribution < 1.29 is 28.6 Å². The first-order valence-corrected chi connectivity index (χ1v) is 10.1. The maximum absolute atomic E-state index is 12.8. The Hall–Kier alpha value is -2.81. The van der Waals surface area contributed by atoms with E-state index in [0.717, 1.165) is 11.4 Å². The van der Waals surface area contributed by atoms with E-state index in [9.17, 15) is 14.4 Å². The fourth-order valence-corrected chi connectivity index (χ4v) is 3.46. The van der Waals surface area contributed by atoms with Crippen LogP contribution in [0.4, 0.5) is 5.69 Å². The highest BCUT2D eigenvalue weighted by Crippen LogP contribution is 2.22. The van der Waals surface area contributed by atoms with Gasteiger partial charge in [0, 0.05) is 45.3 Å². The first kappa shape index (κ1) is 23.5. The summed E-state index contributed by atoms with van der Waals surface area (Å²) in [6.07, 6.45) is 0. The minimum atomic E-state index is -1.89. The predicted molar refractivity (Wildman–Crippen MR) is 111 cm³/mol. The molecule has 0 unspecified atom stereocenters. The van der Waals surface area contributed by atoms with E-state index in [1.54, 1.807) is 21.0 Å². The lowest BCUT2D eigenvalue weighted by Gasteiger charge is -2.40. The Labute approximate surface area is 177 Å². The Bertz CT molecular complexity index is 711. The summed E-state index contributed by atoms with van der Waals surface area (Å²) in [6, 6.07) is 7.80. The molecule has 166 valence electrons. The third kappa shape index (κ3) is 5.63. The summed E-state index contributed by atoms with van der Waals surface area (Å²) >= 11 is 0. The lowest BCUT2D eigenvalue weighted by molar-refractivity contribution is -0.169. The first-order valence-electron chi connectivity index (χ1n) is 10.1. The molecular formula is C21H31N3O6. The van der Waals surface area contributed by atoms with Crippen LogP contribution in [-0.4, -0.2) is 81.3 Å². The molecule has 0 saturated carbocycles. The zero-order chi connectivity index (χ0) is 22.1. The molecule has 1 saturated heterocycles. The quantitative estimate of drug-likeness (QED) is 0.462. The molecule has 0 spiro atoms. The van der Waals surface area contributed by atoms with Gasteiger partial charge in [0.25, 0.3) is 0 Å². The number of esters is 2. The van der Waals surface area contributed by atoms with Crippen molar-refractivity contribution in [3.8, 4) is 5.75 Å². The first-order chi connectivity index (χ1) is 14.4. The molecule has 0 bridgehead atoms. The summed E-state index contributed by atoms with van der Waals surface area (Å²) in [5.41, 5.74) is -0.820. The molecule has 0 aliphatic carbocycles. The Balaban J connectivity index is 2.14. The summed E-state index contributed by atoms with van der Waals surface area (Å²) < 4.78 is 15.4. The van der Waals surface area contributed by atoms with Gasteiger partial charge in [-0.1, -0.05) is 0 Å². The predicted octanol–water partition coefficient (Wildman–Crippen LogP) is 0.818. The van der Waals surface area contributed by atoms with E-state index in [1.807, 2.05) is 29.2 Å². The van der Waals surface area contributed by atoms with E-state index < -0.39 is 23.4 Å². The number of piperazine rings is 1. The molecule has 1 N–H and O–H groups in total. The Morgan fingerprint density at radius 1 is 0.967 bits per heavy atom. The highest BCUT2D eigenvalue weighted by atomic mass is 16.6. The molecule has 1 amide bonds. The van der Waals surface area contributed by atoms with E-state index in [1.165, 1.54) is 6.92 Å². The van der Waals surface area contributed by atoms with Gasteiger partial charge in [-0.05, 0) is 38.1 Å². The zero-order valence-electron chi connectivity index (χ0n) is 18.1. The van der Waals surface area contributed by atoms with Crippen LogP contribution in [0.2, 0.25) is 0 Å². The van der Waals surface area contributed by atoms with Gasteiger partial charge in [0.05, 0.1) is 20.3 Å².